The summed E-state index contributed by atoms with van der Waals surface area (Å²) in [4.78, 5) is 11.8. The van der Waals surface area contributed by atoms with Crippen LogP contribution < -0.4 is 0 Å². The first-order valence-electron chi connectivity index (χ1n) is 6.64. The highest BCUT2D eigenvalue weighted by Gasteiger charge is 2.43. The molecule has 1 aromatic carbocycles. The molecule has 0 radical (unpaired) electrons. The third-order valence-electron chi connectivity index (χ3n) is 2.81. The maximum absolute atomic E-state index is 14.0. The van der Waals surface area contributed by atoms with E-state index in [0.29, 0.717) is 12.8 Å². The molecule has 0 aliphatic carbocycles. The number of carbonyl (C=O) groups excluding carboxylic acids is 1. The Morgan fingerprint density at radius 1 is 1.27 bits per heavy atom. The van der Waals surface area contributed by atoms with E-state index in [4.69, 9.17) is 0 Å². The van der Waals surface area contributed by atoms with Crippen molar-refractivity contribution in [3.05, 3.63) is 35.9 Å². The Kier molecular flexibility index (Phi) is 6.16. The number of hydrogen-bond donors (Lipinski definition) is 0. The number of carbonyl (C=O) groups is 1. The lowest BCUT2D eigenvalue weighted by atomic mass is 10.0. The molecule has 1 aromatic rings. The van der Waals surface area contributed by atoms with Gasteiger partial charge in [-0.2, -0.15) is 17.2 Å². The first kappa shape index (κ1) is 18.2. The van der Waals surface area contributed by atoms with Crippen LogP contribution in [0.25, 0.3) is 0 Å². The predicted molar refractivity (Wildman–Crippen MR) is 78.6 cm³/mol. The minimum absolute atomic E-state index is 0.198. The van der Waals surface area contributed by atoms with Crippen LogP contribution in [0.4, 0.5) is 8.78 Å². The average molecular weight is 333 g/mol. The van der Waals surface area contributed by atoms with E-state index in [1.807, 2.05) is 0 Å². The highest BCUT2D eigenvalue weighted by molar-refractivity contribution is 7.86. The smallest absolute Gasteiger partial charge is 0.287 e. The summed E-state index contributed by atoms with van der Waals surface area (Å²) in [5.74, 6) is -5.73. The van der Waals surface area contributed by atoms with E-state index in [2.05, 4.69) is 9.44 Å². The molecular formula is C14H17F2NO4S. The number of unbranched alkanes of at least 4 members (excludes halogenated alkanes) is 1. The van der Waals surface area contributed by atoms with Gasteiger partial charge >= 0.3 is 16.0 Å². The first-order valence-corrected chi connectivity index (χ1v) is 8.22. The summed E-state index contributed by atoms with van der Waals surface area (Å²) in [6, 6.07) is 6.95. The predicted octanol–water partition coefficient (Wildman–Crippen LogP) is 3.03. The van der Waals surface area contributed by atoms with Crippen LogP contribution in [0.15, 0.2) is 35.5 Å². The number of nitrogens with zero attached hydrogens (tertiary/aromatic N) is 1. The summed E-state index contributed by atoms with van der Waals surface area (Å²) in [6.45, 7) is 2.62. The molecule has 0 bridgehead atoms. The summed E-state index contributed by atoms with van der Waals surface area (Å²) >= 11 is 0. The Bertz CT molecular complexity index is 642. The second kappa shape index (κ2) is 7.44. The molecule has 0 N–H and O–H groups in total. The van der Waals surface area contributed by atoms with Crippen LogP contribution >= 0.6 is 0 Å². The molecule has 0 aliphatic heterocycles. The Labute approximate surface area is 128 Å². The minimum Gasteiger partial charge on any atom is -0.287 e. The SMILES string of the molecule is CCCCS(=O)(=O)ON=C(C)C(F)(F)C(=O)c1ccccc1. The summed E-state index contributed by atoms with van der Waals surface area (Å²) in [5.41, 5.74) is -1.21. The molecule has 0 atom stereocenters. The summed E-state index contributed by atoms with van der Waals surface area (Å²) in [7, 11) is -4.02. The molecule has 122 valence electrons. The standard InChI is InChI=1S/C14H17F2NO4S/c1-3-4-10-22(19,20)21-17-11(2)14(15,16)13(18)12-8-6-5-7-9-12/h5-9H,3-4,10H2,1-2H3. The average Bonchev–Trinajstić information content (AvgIpc) is 2.50. The van der Waals surface area contributed by atoms with Crippen molar-refractivity contribution in [2.24, 2.45) is 5.16 Å². The molecule has 0 unspecified atom stereocenters. The number of alkyl halides is 2. The highest BCUT2D eigenvalue weighted by atomic mass is 32.2. The quantitative estimate of drug-likeness (QED) is 0.416. The minimum atomic E-state index is -4.02. The van der Waals surface area contributed by atoms with Gasteiger partial charge in [-0.1, -0.05) is 48.8 Å². The van der Waals surface area contributed by atoms with Crippen LogP contribution in [0.3, 0.4) is 0 Å². The van der Waals surface area contributed by atoms with E-state index in [-0.39, 0.29) is 11.3 Å². The van der Waals surface area contributed by atoms with E-state index in [9.17, 15) is 22.0 Å². The maximum atomic E-state index is 14.0. The monoisotopic (exact) mass is 333 g/mol. The van der Waals surface area contributed by atoms with Crippen molar-refractivity contribution in [1.82, 2.24) is 0 Å². The maximum Gasteiger partial charge on any atom is 0.350 e. The molecule has 0 aromatic heterocycles. The lowest BCUT2D eigenvalue weighted by molar-refractivity contribution is 0.0460. The van der Waals surface area contributed by atoms with Crippen LogP contribution in [0.1, 0.15) is 37.0 Å². The molecular weight excluding hydrogens is 316 g/mol. The lowest BCUT2D eigenvalue weighted by Crippen LogP contribution is -2.36. The van der Waals surface area contributed by atoms with E-state index >= 15 is 0 Å². The number of benzene rings is 1. The summed E-state index contributed by atoms with van der Waals surface area (Å²) in [5, 5.41) is 2.92. The topological polar surface area (TPSA) is 72.8 Å². The highest BCUT2D eigenvalue weighted by Crippen LogP contribution is 2.22. The normalized spacial score (nSPS) is 13.0. The van der Waals surface area contributed by atoms with E-state index in [1.165, 1.54) is 24.3 Å². The fourth-order valence-electron chi connectivity index (χ4n) is 1.46. The van der Waals surface area contributed by atoms with E-state index in [1.54, 1.807) is 13.0 Å². The fraction of sp³-hybridized carbons (Fsp3) is 0.429. The van der Waals surface area contributed by atoms with Gasteiger partial charge in [-0.15, -0.1) is 0 Å². The molecule has 22 heavy (non-hydrogen) atoms. The molecule has 0 saturated carbocycles. The second-order valence-corrected chi connectivity index (χ2v) is 6.31. The van der Waals surface area contributed by atoms with Gasteiger partial charge in [0.15, 0.2) is 0 Å². The van der Waals surface area contributed by atoms with Gasteiger partial charge in [0.25, 0.3) is 0 Å². The largest absolute Gasteiger partial charge is 0.350 e. The van der Waals surface area contributed by atoms with Crippen molar-refractivity contribution >= 4 is 21.6 Å². The van der Waals surface area contributed by atoms with Gasteiger partial charge in [0.05, 0.1) is 5.75 Å². The Balaban J connectivity index is 2.88. The van der Waals surface area contributed by atoms with Crippen molar-refractivity contribution in [2.45, 2.75) is 32.6 Å². The second-order valence-electron chi connectivity index (χ2n) is 4.64. The zero-order chi connectivity index (χ0) is 16.8. The summed E-state index contributed by atoms with van der Waals surface area (Å²) < 4.78 is 54.9. The van der Waals surface area contributed by atoms with Crippen molar-refractivity contribution in [3.63, 3.8) is 0 Å². The molecule has 0 heterocycles. The van der Waals surface area contributed by atoms with Gasteiger partial charge in [-0.25, -0.2) is 0 Å². The summed E-state index contributed by atoms with van der Waals surface area (Å²) in [6.07, 6.45) is 0.935. The molecule has 0 aliphatic rings. The van der Waals surface area contributed by atoms with E-state index in [0.717, 1.165) is 6.92 Å². The van der Waals surface area contributed by atoms with Crippen LogP contribution in [0.5, 0.6) is 0 Å². The van der Waals surface area contributed by atoms with Crippen molar-refractivity contribution in [2.75, 3.05) is 5.75 Å². The van der Waals surface area contributed by atoms with Crippen LogP contribution in [0, 0.1) is 0 Å². The molecule has 1 rings (SSSR count). The van der Waals surface area contributed by atoms with Crippen LogP contribution in [-0.2, 0) is 14.4 Å². The van der Waals surface area contributed by atoms with Crippen LogP contribution in [0.2, 0.25) is 0 Å². The van der Waals surface area contributed by atoms with Gasteiger partial charge < -0.3 is 0 Å². The number of rotatable bonds is 8. The van der Waals surface area contributed by atoms with Gasteiger partial charge in [0, 0.05) is 5.56 Å². The van der Waals surface area contributed by atoms with Gasteiger partial charge in [-0.05, 0) is 13.3 Å². The molecule has 5 nitrogen and oxygen atoms in total. The van der Waals surface area contributed by atoms with Gasteiger partial charge in [-0.3, -0.25) is 9.08 Å². The Morgan fingerprint density at radius 2 is 1.86 bits per heavy atom. The molecule has 8 heteroatoms. The van der Waals surface area contributed by atoms with Gasteiger partial charge in [0.2, 0.25) is 5.78 Å². The lowest BCUT2D eigenvalue weighted by Gasteiger charge is -2.14. The fourth-order valence-corrected chi connectivity index (χ4v) is 2.41. The van der Waals surface area contributed by atoms with Crippen molar-refractivity contribution in [3.8, 4) is 0 Å². The number of ketones is 1. The zero-order valence-electron chi connectivity index (χ0n) is 12.3. The molecule has 0 amide bonds. The van der Waals surface area contributed by atoms with Crippen molar-refractivity contribution < 1.29 is 26.3 Å². The van der Waals surface area contributed by atoms with Gasteiger partial charge in [0.1, 0.15) is 5.71 Å². The number of oxime groups is 1. The number of hydrogen-bond acceptors (Lipinski definition) is 5. The number of Topliss-reactive ketones (excluding diaryl/α,β-unsaturated/α-hetero) is 1. The number of halogens is 2. The molecule has 0 fully saturated rings. The van der Waals surface area contributed by atoms with E-state index < -0.39 is 27.5 Å². The Morgan fingerprint density at radius 3 is 2.41 bits per heavy atom. The van der Waals surface area contributed by atoms with Crippen LogP contribution in [-0.4, -0.2) is 31.6 Å². The Hall–Kier alpha value is -1.83. The van der Waals surface area contributed by atoms with Crippen molar-refractivity contribution in [1.29, 1.82) is 0 Å². The third kappa shape index (κ3) is 4.87. The first-order chi connectivity index (χ1) is 10.2. The molecule has 0 spiro atoms. The third-order valence-corrected chi connectivity index (χ3v) is 3.90. The molecule has 0 saturated heterocycles. The zero-order valence-corrected chi connectivity index (χ0v) is 13.1.